The molecule has 5 nitrogen and oxygen atoms in total. The average Bonchev–Trinajstić information content (AvgIpc) is 2.81. The molecular weight excluding hydrogens is 297 g/mol. The molecule has 1 aliphatic heterocycles. The summed E-state index contributed by atoms with van der Waals surface area (Å²) in [5, 5.41) is 3.03. The SMILES string of the molecule is CCO[C@@H]1CN(C)C[C@H]1NC(=O)CN(C)Cc1ccccc1F. The van der Waals surface area contributed by atoms with Crippen molar-refractivity contribution in [2.24, 2.45) is 0 Å². The first-order chi connectivity index (χ1) is 11.0. The largest absolute Gasteiger partial charge is 0.375 e. The molecule has 2 rings (SSSR count). The number of nitrogens with zero attached hydrogens (tertiary/aromatic N) is 2. The molecule has 1 aromatic carbocycles. The lowest BCUT2D eigenvalue weighted by Gasteiger charge is -2.22. The Balaban J connectivity index is 1.83. The van der Waals surface area contributed by atoms with Crippen LogP contribution in [0.15, 0.2) is 24.3 Å². The van der Waals surface area contributed by atoms with Crippen molar-refractivity contribution in [1.82, 2.24) is 15.1 Å². The normalized spacial score (nSPS) is 21.8. The number of carbonyl (C=O) groups is 1. The van der Waals surface area contributed by atoms with Gasteiger partial charge in [0.25, 0.3) is 0 Å². The van der Waals surface area contributed by atoms with Gasteiger partial charge in [-0.25, -0.2) is 4.39 Å². The number of amides is 1. The number of likely N-dealkylation sites (tertiary alicyclic amines) is 1. The average molecular weight is 323 g/mol. The molecule has 0 aromatic heterocycles. The molecular formula is C17H26FN3O2. The van der Waals surface area contributed by atoms with Gasteiger partial charge in [0.1, 0.15) is 5.82 Å². The second kappa shape index (κ2) is 8.38. The standard InChI is InChI=1S/C17H26FN3O2/c1-4-23-16-11-21(3)10-15(16)19-17(22)12-20(2)9-13-7-5-6-8-14(13)18/h5-8,15-16H,4,9-12H2,1-3H3,(H,19,22)/t15-,16-/m1/s1. The first kappa shape index (κ1) is 17.8. The fourth-order valence-electron chi connectivity index (χ4n) is 2.95. The third-order valence-electron chi connectivity index (χ3n) is 3.99. The minimum atomic E-state index is -0.242. The number of benzene rings is 1. The summed E-state index contributed by atoms with van der Waals surface area (Å²) in [5.74, 6) is -0.303. The topological polar surface area (TPSA) is 44.8 Å². The van der Waals surface area contributed by atoms with Gasteiger partial charge < -0.3 is 15.0 Å². The summed E-state index contributed by atoms with van der Waals surface area (Å²) >= 11 is 0. The van der Waals surface area contributed by atoms with Crippen LogP contribution >= 0.6 is 0 Å². The predicted molar refractivity (Wildman–Crippen MR) is 87.6 cm³/mol. The van der Waals surface area contributed by atoms with Crippen LogP contribution in [-0.2, 0) is 16.1 Å². The minimum Gasteiger partial charge on any atom is -0.375 e. The van der Waals surface area contributed by atoms with E-state index in [9.17, 15) is 9.18 Å². The van der Waals surface area contributed by atoms with Crippen molar-refractivity contribution in [3.05, 3.63) is 35.6 Å². The Morgan fingerprint density at radius 1 is 1.43 bits per heavy atom. The van der Waals surface area contributed by atoms with Crippen molar-refractivity contribution in [1.29, 1.82) is 0 Å². The van der Waals surface area contributed by atoms with E-state index in [1.807, 2.05) is 25.9 Å². The van der Waals surface area contributed by atoms with E-state index >= 15 is 0 Å². The minimum absolute atomic E-state index is 0.00862. The zero-order chi connectivity index (χ0) is 16.8. The number of hydrogen-bond acceptors (Lipinski definition) is 4. The molecule has 0 unspecified atom stereocenters. The summed E-state index contributed by atoms with van der Waals surface area (Å²) < 4.78 is 19.3. The van der Waals surface area contributed by atoms with Gasteiger partial charge in [-0.3, -0.25) is 9.69 Å². The molecule has 0 saturated carbocycles. The smallest absolute Gasteiger partial charge is 0.234 e. The number of nitrogens with one attached hydrogen (secondary N) is 1. The van der Waals surface area contributed by atoms with Crippen molar-refractivity contribution < 1.29 is 13.9 Å². The van der Waals surface area contributed by atoms with Gasteiger partial charge in [-0.05, 0) is 27.1 Å². The molecule has 1 aliphatic rings. The van der Waals surface area contributed by atoms with Crippen LogP contribution in [-0.4, -0.2) is 68.2 Å². The second-order valence-corrected chi connectivity index (χ2v) is 6.15. The van der Waals surface area contributed by atoms with Gasteiger partial charge >= 0.3 is 0 Å². The van der Waals surface area contributed by atoms with E-state index in [1.165, 1.54) is 6.07 Å². The van der Waals surface area contributed by atoms with Crippen molar-refractivity contribution in [3.8, 4) is 0 Å². The van der Waals surface area contributed by atoms with Crippen LogP contribution in [0.5, 0.6) is 0 Å². The molecule has 128 valence electrons. The first-order valence-electron chi connectivity index (χ1n) is 8.01. The van der Waals surface area contributed by atoms with Gasteiger partial charge in [0, 0.05) is 31.8 Å². The Hall–Kier alpha value is -1.50. The number of carbonyl (C=O) groups excluding carboxylic acids is 1. The van der Waals surface area contributed by atoms with E-state index in [0.717, 1.165) is 13.1 Å². The Bertz CT molecular complexity index is 526. The molecule has 1 fully saturated rings. The van der Waals surface area contributed by atoms with Crippen LogP contribution in [0.3, 0.4) is 0 Å². The van der Waals surface area contributed by atoms with Crippen LogP contribution < -0.4 is 5.32 Å². The first-order valence-corrected chi connectivity index (χ1v) is 8.01. The van der Waals surface area contributed by atoms with Crippen molar-refractivity contribution in [2.75, 3.05) is 40.3 Å². The molecule has 1 saturated heterocycles. The van der Waals surface area contributed by atoms with Gasteiger partial charge in [-0.15, -0.1) is 0 Å². The highest BCUT2D eigenvalue weighted by atomic mass is 19.1. The molecule has 1 heterocycles. The monoisotopic (exact) mass is 323 g/mol. The van der Waals surface area contributed by atoms with Gasteiger partial charge in [-0.1, -0.05) is 18.2 Å². The molecule has 0 bridgehead atoms. The van der Waals surface area contributed by atoms with Crippen LogP contribution in [0.25, 0.3) is 0 Å². The maximum atomic E-state index is 13.6. The van der Waals surface area contributed by atoms with E-state index in [1.54, 1.807) is 18.2 Å². The van der Waals surface area contributed by atoms with E-state index in [0.29, 0.717) is 18.7 Å². The number of hydrogen-bond donors (Lipinski definition) is 1. The third kappa shape index (κ3) is 5.27. The lowest BCUT2D eigenvalue weighted by molar-refractivity contribution is -0.123. The number of likely N-dealkylation sites (N-methyl/N-ethyl adjacent to an activating group) is 2. The molecule has 1 amide bonds. The maximum Gasteiger partial charge on any atom is 0.234 e. The molecule has 23 heavy (non-hydrogen) atoms. The Labute approximate surface area is 137 Å². The Kier molecular flexibility index (Phi) is 6.50. The van der Waals surface area contributed by atoms with Gasteiger partial charge in [0.05, 0.1) is 18.7 Å². The summed E-state index contributed by atoms with van der Waals surface area (Å²) in [4.78, 5) is 16.2. The lowest BCUT2D eigenvalue weighted by Crippen LogP contribution is -2.47. The number of ether oxygens (including phenoxy) is 1. The molecule has 2 atom stereocenters. The van der Waals surface area contributed by atoms with E-state index in [4.69, 9.17) is 4.74 Å². The summed E-state index contributed by atoms with van der Waals surface area (Å²) in [6.45, 7) is 4.84. The quantitative estimate of drug-likeness (QED) is 0.816. The summed E-state index contributed by atoms with van der Waals surface area (Å²) in [7, 11) is 3.83. The highest BCUT2D eigenvalue weighted by molar-refractivity contribution is 5.78. The summed E-state index contributed by atoms with van der Waals surface area (Å²) in [6.07, 6.45) is 0.0332. The van der Waals surface area contributed by atoms with E-state index < -0.39 is 0 Å². The van der Waals surface area contributed by atoms with Crippen molar-refractivity contribution >= 4 is 5.91 Å². The molecule has 1 N–H and O–H groups in total. The van der Waals surface area contributed by atoms with Crippen LogP contribution in [0, 0.1) is 5.82 Å². The van der Waals surface area contributed by atoms with Crippen LogP contribution in [0.1, 0.15) is 12.5 Å². The van der Waals surface area contributed by atoms with E-state index in [2.05, 4.69) is 10.2 Å². The second-order valence-electron chi connectivity index (χ2n) is 6.15. The molecule has 0 spiro atoms. The molecule has 0 aliphatic carbocycles. The number of halogens is 1. The number of rotatable bonds is 7. The lowest BCUT2D eigenvalue weighted by atomic mass is 10.2. The third-order valence-corrected chi connectivity index (χ3v) is 3.99. The Morgan fingerprint density at radius 2 is 2.17 bits per heavy atom. The predicted octanol–water partition coefficient (Wildman–Crippen LogP) is 1.09. The van der Waals surface area contributed by atoms with Crippen LogP contribution in [0.2, 0.25) is 0 Å². The van der Waals surface area contributed by atoms with Crippen molar-refractivity contribution in [3.63, 3.8) is 0 Å². The molecule has 6 heteroatoms. The van der Waals surface area contributed by atoms with Gasteiger partial charge in [0.2, 0.25) is 5.91 Å². The fraction of sp³-hybridized carbons (Fsp3) is 0.588. The summed E-state index contributed by atoms with van der Waals surface area (Å²) in [5.41, 5.74) is 0.593. The van der Waals surface area contributed by atoms with Crippen molar-refractivity contribution in [2.45, 2.75) is 25.6 Å². The fourth-order valence-corrected chi connectivity index (χ4v) is 2.95. The molecule has 0 radical (unpaired) electrons. The zero-order valence-corrected chi connectivity index (χ0v) is 14.1. The van der Waals surface area contributed by atoms with Gasteiger partial charge in [-0.2, -0.15) is 0 Å². The Morgan fingerprint density at radius 3 is 2.87 bits per heavy atom. The summed E-state index contributed by atoms with van der Waals surface area (Å²) in [6, 6.07) is 6.64. The maximum absolute atomic E-state index is 13.6. The highest BCUT2D eigenvalue weighted by Crippen LogP contribution is 2.12. The molecule has 1 aromatic rings. The van der Waals surface area contributed by atoms with E-state index in [-0.39, 0.29) is 30.4 Å². The van der Waals surface area contributed by atoms with Gasteiger partial charge in [0.15, 0.2) is 0 Å². The van der Waals surface area contributed by atoms with Crippen LogP contribution in [0.4, 0.5) is 4.39 Å². The highest BCUT2D eigenvalue weighted by Gasteiger charge is 2.32. The zero-order valence-electron chi connectivity index (χ0n) is 14.1.